The number of aliphatic hydroxyl groups excluding tert-OH is 1. The summed E-state index contributed by atoms with van der Waals surface area (Å²) in [7, 11) is 1.43. The molecule has 6 nitrogen and oxygen atoms in total. The largest absolute Gasteiger partial charge is 0.489 e. The summed E-state index contributed by atoms with van der Waals surface area (Å²) in [5, 5.41) is 22.6. The van der Waals surface area contributed by atoms with Gasteiger partial charge in [-0.3, -0.25) is 5.21 Å². The third-order valence-electron chi connectivity index (χ3n) is 4.22. The summed E-state index contributed by atoms with van der Waals surface area (Å²) in [5.41, 5.74) is 4.70. The Morgan fingerprint density at radius 1 is 1.16 bits per heavy atom. The molecule has 2 aromatic rings. The number of aliphatic hydroxyl groups is 1. The zero-order valence-electron chi connectivity index (χ0n) is 15.0. The van der Waals surface area contributed by atoms with Crippen LogP contribution in [0.4, 0.5) is 10.5 Å². The second-order valence-electron chi connectivity index (χ2n) is 5.93. The first-order valence-electron chi connectivity index (χ1n) is 8.02. The van der Waals surface area contributed by atoms with Crippen molar-refractivity contribution in [2.75, 3.05) is 12.1 Å². The van der Waals surface area contributed by atoms with Crippen molar-refractivity contribution in [3.63, 3.8) is 0 Å². The lowest BCUT2D eigenvalue weighted by Gasteiger charge is -2.21. The minimum atomic E-state index is -0.668. The van der Waals surface area contributed by atoms with E-state index in [9.17, 15) is 15.1 Å². The highest BCUT2D eigenvalue weighted by molar-refractivity contribution is 5.90. The number of ether oxygens (including phenoxy) is 1. The molecule has 0 aromatic heterocycles. The van der Waals surface area contributed by atoms with E-state index in [0.29, 0.717) is 16.2 Å². The highest BCUT2D eigenvalue weighted by Crippen LogP contribution is 2.28. The van der Waals surface area contributed by atoms with E-state index in [4.69, 9.17) is 4.74 Å². The maximum Gasteiger partial charge on any atom is 0.345 e. The highest BCUT2D eigenvalue weighted by atomic mass is 16.5. The lowest BCUT2D eigenvalue weighted by Crippen LogP contribution is -2.36. The number of amides is 2. The lowest BCUT2D eigenvalue weighted by molar-refractivity contribution is 0.205. The monoisotopic (exact) mass is 344 g/mol. The number of hydrogen-bond donors (Lipinski definition) is 3. The number of rotatable bonds is 5. The second kappa shape index (κ2) is 8.00. The number of urea groups is 1. The Morgan fingerprint density at radius 2 is 1.84 bits per heavy atom. The molecule has 3 N–H and O–H groups in total. The summed E-state index contributed by atoms with van der Waals surface area (Å²) < 4.78 is 5.92. The van der Waals surface area contributed by atoms with Crippen molar-refractivity contribution in [3.05, 3.63) is 58.1 Å². The zero-order chi connectivity index (χ0) is 18.6. The summed E-state index contributed by atoms with van der Waals surface area (Å²) in [4.78, 5) is 11.7. The number of hydrogen-bond acceptors (Lipinski definition) is 4. The van der Waals surface area contributed by atoms with Gasteiger partial charge in [0.05, 0.1) is 12.3 Å². The first-order chi connectivity index (χ1) is 11.9. The van der Waals surface area contributed by atoms with E-state index in [-0.39, 0.29) is 18.9 Å². The van der Waals surface area contributed by atoms with Crippen molar-refractivity contribution in [1.29, 1.82) is 0 Å². The van der Waals surface area contributed by atoms with E-state index in [2.05, 4.69) is 5.32 Å². The van der Waals surface area contributed by atoms with Crippen LogP contribution in [0.1, 0.15) is 27.8 Å². The van der Waals surface area contributed by atoms with Gasteiger partial charge < -0.3 is 15.2 Å². The van der Waals surface area contributed by atoms with Gasteiger partial charge in [0.25, 0.3) is 0 Å². The molecule has 0 bridgehead atoms. The Balaban J connectivity index is 2.35. The van der Waals surface area contributed by atoms with Gasteiger partial charge in [-0.2, -0.15) is 5.06 Å². The van der Waals surface area contributed by atoms with Crippen molar-refractivity contribution in [1.82, 2.24) is 5.32 Å². The molecule has 134 valence electrons. The van der Waals surface area contributed by atoms with Gasteiger partial charge in [-0.25, -0.2) is 4.79 Å². The fraction of sp³-hybridized carbons (Fsp3) is 0.316. The number of hydroxylamine groups is 1. The van der Waals surface area contributed by atoms with Crippen LogP contribution in [0.5, 0.6) is 5.75 Å². The molecule has 0 aliphatic heterocycles. The van der Waals surface area contributed by atoms with Gasteiger partial charge in [0.1, 0.15) is 12.4 Å². The summed E-state index contributed by atoms with van der Waals surface area (Å²) >= 11 is 0. The van der Waals surface area contributed by atoms with Gasteiger partial charge in [-0.05, 0) is 55.2 Å². The Hall–Kier alpha value is -2.57. The predicted molar refractivity (Wildman–Crippen MR) is 96.1 cm³/mol. The third kappa shape index (κ3) is 4.10. The van der Waals surface area contributed by atoms with E-state index in [0.717, 1.165) is 16.9 Å². The maximum absolute atomic E-state index is 11.7. The Morgan fingerprint density at radius 3 is 2.48 bits per heavy atom. The number of nitrogens with zero attached hydrogens (tertiary/aromatic N) is 1. The topological polar surface area (TPSA) is 82.0 Å². The Bertz CT molecular complexity index is 774. The first-order valence-corrected chi connectivity index (χ1v) is 8.02. The van der Waals surface area contributed by atoms with Crippen molar-refractivity contribution in [2.24, 2.45) is 0 Å². The number of nitrogens with one attached hydrogen (secondary N) is 1. The Labute approximate surface area is 147 Å². The van der Waals surface area contributed by atoms with Gasteiger partial charge in [0.15, 0.2) is 0 Å². The van der Waals surface area contributed by atoms with Crippen molar-refractivity contribution in [3.8, 4) is 5.75 Å². The van der Waals surface area contributed by atoms with E-state index < -0.39 is 6.03 Å². The number of aryl methyl sites for hydroxylation is 3. The number of anilines is 1. The first kappa shape index (κ1) is 18.8. The quantitative estimate of drug-likeness (QED) is 0.574. The van der Waals surface area contributed by atoms with Gasteiger partial charge >= 0.3 is 6.03 Å². The van der Waals surface area contributed by atoms with Crippen LogP contribution in [0.15, 0.2) is 30.3 Å². The molecular weight excluding hydrogens is 320 g/mol. The second-order valence-corrected chi connectivity index (χ2v) is 5.93. The third-order valence-corrected chi connectivity index (χ3v) is 4.22. The van der Waals surface area contributed by atoms with Crippen LogP contribution in [0.2, 0.25) is 0 Å². The normalized spacial score (nSPS) is 10.5. The van der Waals surface area contributed by atoms with Gasteiger partial charge in [-0.1, -0.05) is 18.2 Å². The molecule has 0 heterocycles. The molecule has 6 heteroatoms. The van der Waals surface area contributed by atoms with Crippen molar-refractivity contribution in [2.45, 2.75) is 34.0 Å². The van der Waals surface area contributed by atoms with E-state index in [1.807, 2.05) is 32.9 Å². The van der Waals surface area contributed by atoms with E-state index >= 15 is 0 Å². The molecule has 0 saturated carbocycles. The molecule has 25 heavy (non-hydrogen) atoms. The molecule has 0 radical (unpaired) electrons. The summed E-state index contributed by atoms with van der Waals surface area (Å²) in [6, 6.07) is 8.33. The molecule has 0 unspecified atom stereocenters. The molecule has 0 aliphatic rings. The predicted octanol–water partition coefficient (Wildman–Crippen LogP) is 3.22. The average Bonchev–Trinajstić information content (AvgIpc) is 2.61. The molecule has 0 spiro atoms. The van der Waals surface area contributed by atoms with Crippen LogP contribution in [0.3, 0.4) is 0 Å². The number of carbonyl (C=O) groups excluding carboxylic acids is 1. The van der Waals surface area contributed by atoms with Gasteiger partial charge in [0, 0.05) is 12.6 Å². The van der Waals surface area contributed by atoms with Crippen LogP contribution in [0, 0.1) is 20.8 Å². The highest BCUT2D eigenvalue weighted by Gasteiger charge is 2.18. The minimum absolute atomic E-state index is 0.115. The van der Waals surface area contributed by atoms with Crippen LogP contribution in [0.25, 0.3) is 0 Å². The lowest BCUT2D eigenvalue weighted by atomic mass is 10.0. The maximum atomic E-state index is 11.7. The van der Waals surface area contributed by atoms with Crippen molar-refractivity contribution >= 4 is 11.7 Å². The number of benzene rings is 2. The SMILES string of the molecule is CNC(=O)N(O)c1cccc(CO)c1COc1cc(C)c(C)cc1C. The molecule has 0 saturated heterocycles. The summed E-state index contributed by atoms with van der Waals surface area (Å²) in [6.45, 7) is 5.90. The molecule has 0 aliphatic carbocycles. The Kier molecular flexibility index (Phi) is 6.01. The van der Waals surface area contributed by atoms with Crippen LogP contribution < -0.4 is 15.1 Å². The molecule has 2 rings (SSSR count). The average molecular weight is 344 g/mol. The van der Waals surface area contributed by atoms with Crippen LogP contribution in [-0.4, -0.2) is 23.4 Å². The van der Waals surface area contributed by atoms with Crippen molar-refractivity contribution < 1.29 is 19.8 Å². The van der Waals surface area contributed by atoms with E-state index in [1.54, 1.807) is 18.2 Å². The van der Waals surface area contributed by atoms with E-state index in [1.165, 1.54) is 12.6 Å². The minimum Gasteiger partial charge on any atom is -0.489 e. The van der Waals surface area contributed by atoms with Gasteiger partial charge in [0.2, 0.25) is 0 Å². The fourth-order valence-electron chi connectivity index (χ4n) is 2.59. The fourth-order valence-corrected chi connectivity index (χ4v) is 2.59. The molecular formula is C19H24N2O4. The van der Waals surface area contributed by atoms with Gasteiger partial charge in [-0.15, -0.1) is 0 Å². The van der Waals surface area contributed by atoms with Crippen LogP contribution >= 0.6 is 0 Å². The van der Waals surface area contributed by atoms with Crippen LogP contribution in [-0.2, 0) is 13.2 Å². The summed E-state index contributed by atoms with van der Waals surface area (Å²) in [6.07, 6.45) is 0. The summed E-state index contributed by atoms with van der Waals surface area (Å²) in [5.74, 6) is 0.728. The zero-order valence-corrected chi connectivity index (χ0v) is 15.0. The number of carbonyl (C=O) groups is 1. The standard InChI is InChI=1S/C19H24N2O4/c1-12-8-14(3)18(9-13(12)2)25-11-16-15(10-22)6-5-7-17(16)21(24)19(23)20-4/h5-9,22,24H,10-11H2,1-4H3,(H,20,23). The molecule has 2 aromatic carbocycles. The molecule has 0 atom stereocenters. The molecule has 2 amide bonds. The smallest absolute Gasteiger partial charge is 0.345 e. The molecule has 0 fully saturated rings.